The van der Waals surface area contributed by atoms with Crippen molar-refractivity contribution in [1.29, 1.82) is 5.26 Å². The number of aromatic nitrogens is 2. The van der Waals surface area contributed by atoms with E-state index in [0.29, 0.717) is 12.7 Å². The van der Waals surface area contributed by atoms with Gasteiger partial charge in [0.2, 0.25) is 0 Å². The second kappa shape index (κ2) is 7.21. The fourth-order valence-corrected chi connectivity index (χ4v) is 2.82. The van der Waals surface area contributed by atoms with Crippen LogP contribution in [-0.4, -0.2) is 34.1 Å². The predicted molar refractivity (Wildman–Crippen MR) is 82.8 cm³/mol. The highest BCUT2D eigenvalue weighted by Crippen LogP contribution is 2.18. The molecule has 1 aromatic carbocycles. The van der Waals surface area contributed by atoms with E-state index in [1.807, 2.05) is 30.5 Å². The van der Waals surface area contributed by atoms with Crippen molar-refractivity contribution in [1.82, 2.24) is 14.9 Å². The van der Waals surface area contributed by atoms with Gasteiger partial charge in [-0.2, -0.15) is 5.26 Å². The van der Waals surface area contributed by atoms with Crippen molar-refractivity contribution in [3.05, 3.63) is 53.6 Å². The molecule has 1 aliphatic rings. The van der Waals surface area contributed by atoms with Crippen LogP contribution >= 0.6 is 0 Å². The minimum Gasteiger partial charge on any atom is -0.372 e. The molecule has 1 N–H and O–H groups in total. The van der Waals surface area contributed by atoms with Gasteiger partial charge in [-0.15, -0.1) is 0 Å². The monoisotopic (exact) mass is 296 g/mol. The van der Waals surface area contributed by atoms with Crippen molar-refractivity contribution in [3.8, 4) is 6.07 Å². The third-order valence-corrected chi connectivity index (χ3v) is 4.09. The highest BCUT2D eigenvalue weighted by atomic mass is 16.5. The maximum absolute atomic E-state index is 9.15. The normalized spacial score (nSPS) is 16.5. The van der Waals surface area contributed by atoms with Gasteiger partial charge in [-0.1, -0.05) is 18.2 Å². The lowest BCUT2D eigenvalue weighted by atomic mass is 10.0. The van der Waals surface area contributed by atoms with Crippen molar-refractivity contribution in [2.24, 2.45) is 0 Å². The van der Waals surface area contributed by atoms with Crippen LogP contribution in [0.4, 0.5) is 0 Å². The Kier molecular flexibility index (Phi) is 4.84. The standard InChI is InChI=1S/C17H20N4O/c18-9-14-3-1-2-4-15(14)11-21-7-5-17(6-8-21)22-12-16-10-19-13-20-16/h1-4,10,13,17H,5-8,11-12H2,(H,19,20). The molecule has 2 aromatic rings. The van der Waals surface area contributed by atoms with Gasteiger partial charge in [0.25, 0.3) is 0 Å². The first-order valence-electron chi connectivity index (χ1n) is 7.65. The first-order valence-corrected chi connectivity index (χ1v) is 7.65. The highest BCUT2D eigenvalue weighted by Gasteiger charge is 2.20. The zero-order valence-corrected chi connectivity index (χ0v) is 12.5. The average molecular weight is 296 g/mol. The Balaban J connectivity index is 1.46. The molecule has 0 radical (unpaired) electrons. The van der Waals surface area contributed by atoms with Crippen molar-refractivity contribution in [3.63, 3.8) is 0 Å². The van der Waals surface area contributed by atoms with Gasteiger partial charge in [-0.05, 0) is 24.5 Å². The summed E-state index contributed by atoms with van der Waals surface area (Å²) < 4.78 is 5.91. The molecule has 3 rings (SSSR count). The summed E-state index contributed by atoms with van der Waals surface area (Å²) >= 11 is 0. The summed E-state index contributed by atoms with van der Waals surface area (Å²) in [5.74, 6) is 0. The number of nitrogens with one attached hydrogen (secondary N) is 1. The zero-order valence-electron chi connectivity index (χ0n) is 12.5. The second-order valence-electron chi connectivity index (χ2n) is 5.62. The zero-order chi connectivity index (χ0) is 15.2. The highest BCUT2D eigenvalue weighted by molar-refractivity contribution is 5.37. The van der Waals surface area contributed by atoms with Gasteiger partial charge < -0.3 is 9.72 Å². The summed E-state index contributed by atoms with van der Waals surface area (Å²) in [6.07, 6.45) is 5.90. The molecule has 0 bridgehead atoms. The molecule has 1 aliphatic heterocycles. The molecule has 2 heterocycles. The molecule has 1 fully saturated rings. The molecule has 1 aromatic heterocycles. The number of hydrogen-bond donors (Lipinski definition) is 1. The van der Waals surface area contributed by atoms with Crippen LogP contribution in [0.1, 0.15) is 29.7 Å². The smallest absolute Gasteiger partial charge is 0.0995 e. The summed E-state index contributed by atoms with van der Waals surface area (Å²) in [7, 11) is 0. The van der Waals surface area contributed by atoms with E-state index in [1.54, 1.807) is 6.33 Å². The van der Waals surface area contributed by atoms with E-state index >= 15 is 0 Å². The number of nitrogens with zero attached hydrogens (tertiary/aromatic N) is 3. The van der Waals surface area contributed by atoms with E-state index in [1.165, 1.54) is 0 Å². The number of likely N-dealkylation sites (tertiary alicyclic amines) is 1. The fraction of sp³-hybridized carbons (Fsp3) is 0.412. The molecule has 0 atom stereocenters. The summed E-state index contributed by atoms with van der Waals surface area (Å²) in [4.78, 5) is 9.50. The number of piperidine rings is 1. The lowest BCUT2D eigenvalue weighted by Crippen LogP contribution is -2.36. The third kappa shape index (κ3) is 3.73. The SMILES string of the molecule is N#Cc1ccccc1CN1CCC(OCc2c[nH]cn2)CC1. The molecule has 5 heteroatoms. The van der Waals surface area contributed by atoms with Crippen LogP contribution in [0, 0.1) is 11.3 Å². The van der Waals surface area contributed by atoms with Crippen LogP contribution in [-0.2, 0) is 17.9 Å². The van der Waals surface area contributed by atoms with E-state index in [-0.39, 0.29) is 0 Å². The molecule has 0 aliphatic carbocycles. The molecule has 0 saturated carbocycles. The Labute approximate surface area is 130 Å². The summed E-state index contributed by atoms with van der Waals surface area (Å²) in [5, 5.41) is 9.15. The third-order valence-electron chi connectivity index (χ3n) is 4.09. The lowest BCUT2D eigenvalue weighted by molar-refractivity contribution is -0.00512. The van der Waals surface area contributed by atoms with E-state index < -0.39 is 0 Å². The fourth-order valence-electron chi connectivity index (χ4n) is 2.82. The Hall–Kier alpha value is -2.16. The van der Waals surface area contributed by atoms with Gasteiger partial charge in [0.1, 0.15) is 0 Å². The first kappa shape index (κ1) is 14.8. The second-order valence-corrected chi connectivity index (χ2v) is 5.62. The average Bonchev–Trinajstić information content (AvgIpc) is 3.08. The maximum atomic E-state index is 9.15. The summed E-state index contributed by atoms with van der Waals surface area (Å²) in [6.45, 7) is 3.43. The number of imidazole rings is 1. The Bertz CT molecular complexity index is 624. The van der Waals surface area contributed by atoms with Crippen LogP contribution in [0.25, 0.3) is 0 Å². The molecule has 0 spiro atoms. The van der Waals surface area contributed by atoms with Crippen molar-refractivity contribution in [2.45, 2.75) is 32.1 Å². The largest absolute Gasteiger partial charge is 0.372 e. The quantitative estimate of drug-likeness (QED) is 0.920. The first-order chi connectivity index (χ1) is 10.8. The van der Waals surface area contributed by atoms with Gasteiger partial charge in [0.05, 0.1) is 36.4 Å². The number of benzene rings is 1. The molecule has 114 valence electrons. The molecule has 1 saturated heterocycles. The van der Waals surface area contributed by atoms with Crippen molar-refractivity contribution >= 4 is 0 Å². The molecular formula is C17H20N4O. The molecule has 0 unspecified atom stereocenters. The van der Waals surface area contributed by atoms with Gasteiger partial charge in [-0.3, -0.25) is 4.90 Å². The topological polar surface area (TPSA) is 64.9 Å². The molecule has 22 heavy (non-hydrogen) atoms. The number of aromatic amines is 1. The van der Waals surface area contributed by atoms with Crippen LogP contribution in [0.3, 0.4) is 0 Å². The van der Waals surface area contributed by atoms with Gasteiger partial charge >= 0.3 is 0 Å². The number of rotatable bonds is 5. The van der Waals surface area contributed by atoms with Crippen LogP contribution in [0.5, 0.6) is 0 Å². The van der Waals surface area contributed by atoms with Gasteiger partial charge in [-0.25, -0.2) is 4.98 Å². The number of nitriles is 1. The van der Waals surface area contributed by atoms with Crippen LogP contribution in [0.15, 0.2) is 36.8 Å². The molecular weight excluding hydrogens is 276 g/mol. The summed E-state index contributed by atoms with van der Waals surface area (Å²) in [5.41, 5.74) is 2.84. The maximum Gasteiger partial charge on any atom is 0.0995 e. The lowest BCUT2D eigenvalue weighted by Gasteiger charge is -2.32. The number of hydrogen-bond acceptors (Lipinski definition) is 4. The van der Waals surface area contributed by atoms with Crippen LogP contribution in [0.2, 0.25) is 0 Å². The summed E-state index contributed by atoms with van der Waals surface area (Å²) in [6, 6.07) is 10.1. The predicted octanol–water partition coefficient (Wildman–Crippen LogP) is 2.46. The van der Waals surface area contributed by atoms with E-state index in [4.69, 9.17) is 10.00 Å². The van der Waals surface area contributed by atoms with E-state index in [2.05, 4.69) is 20.9 Å². The van der Waals surface area contributed by atoms with Gasteiger partial charge in [0, 0.05) is 25.8 Å². The minimum atomic E-state index is 0.305. The van der Waals surface area contributed by atoms with Crippen molar-refractivity contribution in [2.75, 3.05) is 13.1 Å². The van der Waals surface area contributed by atoms with E-state index in [9.17, 15) is 0 Å². The molecule has 0 amide bonds. The van der Waals surface area contributed by atoms with Gasteiger partial charge in [0.15, 0.2) is 0 Å². The number of H-pyrrole nitrogens is 1. The Morgan fingerprint density at radius 2 is 2.14 bits per heavy atom. The number of ether oxygens (including phenoxy) is 1. The Morgan fingerprint density at radius 3 is 2.86 bits per heavy atom. The Morgan fingerprint density at radius 1 is 1.32 bits per heavy atom. The van der Waals surface area contributed by atoms with E-state index in [0.717, 1.165) is 49.3 Å². The van der Waals surface area contributed by atoms with Crippen molar-refractivity contribution < 1.29 is 4.74 Å². The van der Waals surface area contributed by atoms with Crippen LogP contribution < -0.4 is 0 Å². The molecule has 5 nitrogen and oxygen atoms in total. The minimum absolute atomic E-state index is 0.305.